The molecule has 0 spiro atoms. The molecule has 0 bridgehead atoms. The van der Waals surface area contributed by atoms with Gasteiger partial charge in [-0.25, -0.2) is 4.79 Å². The van der Waals surface area contributed by atoms with Crippen molar-refractivity contribution in [3.8, 4) is 0 Å². The molecular formula is C21H36O2. The second-order valence-electron chi connectivity index (χ2n) is 8.19. The fourth-order valence-corrected chi connectivity index (χ4v) is 4.74. The Bertz CT molecular complexity index is 371. The van der Waals surface area contributed by atoms with E-state index in [0.717, 1.165) is 30.6 Å². The van der Waals surface area contributed by atoms with Crippen LogP contribution in [0.2, 0.25) is 0 Å². The van der Waals surface area contributed by atoms with E-state index >= 15 is 0 Å². The molecule has 2 aliphatic rings. The van der Waals surface area contributed by atoms with Crippen LogP contribution in [0.25, 0.3) is 0 Å². The number of esters is 1. The molecule has 0 radical (unpaired) electrons. The molecule has 0 atom stereocenters. The lowest BCUT2D eigenvalue weighted by molar-refractivity contribution is -0.156. The van der Waals surface area contributed by atoms with Gasteiger partial charge in [0.2, 0.25) is 0 Å². The Morgan fingerprint density at radius 2 is 1.70 bits per heavy atom. The molecule has 2 nitrogen and oxygen atoms in total. The van der Waals surface area contributed by atoms with E-state index in [9.17, 15) is 4.79 Å². The molecule has 2 saturated carbocycles. The first-order valence-electron chi connectivity index (χ1n) is 9.91. The Balaban J connectivity index is 1.70. The zero-order chi connectivity index (χ0) is 16.7. The first-order chi connectivity index (χ1) is 11.1. The van der Waals surface area contributed by atoms with Crippen LogP contribution in [0.1, 0.15) is 90.9 Å². The van der Waals surface area contributed by atoms with E-state index in [-0.39, 0.29) is 11.6 Å². The molecule has 0 aliphatic heterocycles. The summed E-state index contributed by atoms with van der Waals surface area (Å²) >= 11 is 0. The van der Waals surface area contributed by atoms with Gasteiger partial charge in [0.25, 0.3) is 0 Å². The van der Waals surface area contributed by atoms with Crippen molar-refractivity contribution in [2.24, 2.45) is 17.8 Å². The van der Waals surface area contributed by atoms with Gasteiger partial charge in [0.1, 0.15) is 5.60 Å². The van der Waals surface area contributed by atoms with Crippen LogP contribution in [-0.4, -0.2) is 11.6 Å². The van der Waals surface area contributed by atoms with Crippen LogP contribution < -0.4 is 0 Å². The minimum absolute atomic E-state index is 0.251. The van der Waals surface area contributed by atoms with Crippen LogP contribution in [0.5, 0.6) is 0 Å². The summed E-state index contributed by atoms with van der Waals surface area (Å²) in [5, 5.41) is 0. The lowest BCUT2D eigenvalue weighted by Gasteiger charge is -2.41. The number of hydrogen-bond acceptors (Lipinski definition) is 2. The van der Waals surface area contributed by atoms with Gasteiger partial charge in [0, 0.05) is 6.08 Å². The SMILES string of the molecule is C=CC(=O)O[C@]1(C)CC[C@H](C2CCC(CCCCC)CC2)CC1. The molecule has 0 aromatic carbocycles. The molecule has 0 N–H and O–H groups in total. The van der Waals surface area contributed by atoms with Crippen molar-refractivity contribution in [1.29, 1.82) is 0 Å². The van der Waals surface area contributed by atoms with Gasteiger partial charge in [-0.15, -0.1) is 0 Å². The van der Waals surface area contributed by atoms with E-state index in [1.54, 1.807) is 0 Å². The van der Waals surface area contributed by atoms with Crippen molar-refractivity contribution in [3.05, 3.63) is 12.7 Å². The van der Waals surface area contributed by atoms with Gasteiger partial charge in [0.05, 0.1) is 0 Å². The third kappa shape index (κ3) is 5.65. The van der Waals surface area contributed by atoms with Crippen LogP contribution in [-0.2, 0) is 9.53 Å². The van der Waals surface area contributed by atoms with Crippen LogP contribution in [0, 0.1) is 17.8 Å². The normalized spacial score (nSPS) is 34.8. The third-order valence-electron chi connectivity index (χ3n) is 6.38. The lowest BCUT2D eigenvalue weighted by atomic mass is 9.68. The van der Waals surface area contributed by atoms with Crippen molar-refractivity contribution in [1.82, 2.24) is 0 Å². The molecule has 0 saturated heterocycles. The molecule has 0 heterocycles. The Morgan fingerprint density at radius 1 is 1.09 bits per heavy atom. The maximum absolute atomic E-state index is 11.5. The van der Waals surface area contributed by atoms with E-state index in [1.807, 2.05) is 0 Å². The maximum atomic E-state index is 11.5. The minimum atomic E-state index is -0.265. The molecule has 0 aromatic rings. The molecule has 23 heavy (non-hydrogen) atoms. The molecule has 0 amide bonds. The maximum Gasteiger partial charge on any atom is 0.330 e. The fraction of sp³-hybridized carbons (Fsp3) is 0.857. The standard InChI is InChI=1S/C21H36O2/c1-4-6-7-8-17-9-11-18(12-10-17)19-13-15-21(3,16-14-19)23-20(22)5-2/h5,17-19H,2,4,6-16H2,1,3H3/t17?,18?,19-,21+. The largest absolute Gasteiger partial charge is 0.456 e. The minimum Gasteiger partial charge on any atom is -0.456 e. The highest BCUT2D eigenvalue weighted by Crippen LogP contribution is 2.44. The highest BCUT2D eigenvalue weighted by molar-refractivity contribution is 5.81. The number of unbranched alkanes of at least 4 members (excludes halogenated alkanes) is 2. The molecule has 2 heteroatoms. The first kappa shape index (κ1) is 18.5. The average molecular weight is 321 g/mol. The topological polar surface area (TPSA) is 26.3 Å². The summed E-state index contributed by atoms with van der Waals surface area (Å²) < 4.78 is 5.58. The average Bonchev–Trinajstić information content (AvgIpc) is 2.56. The zero-order valence-corrected chi connectivity index (χ0v) is 15.3. The Morgan fingerprint density at radius 3 is 2.26 bits per heavy atom. The van der Waals surface area contributed by atoms with Crippen molar-refractivity contribution in [2.75, 3.05) is 0 Å². The van der Waals surface area contributed by atoms with E-state index in [1.165, 1.54) is 70.3 Å². The number of rotatable bonds is 7. The summed E-state index contributed by atoms with van der Waals surface area (Å²) in [6, 6.07) is 0. The van der Waals surface area contributed by atoms with E-state index in [0.29, 0.717) is 0 Å². The number of hydrogen-bond donors (Lipinski definition) is 0. The summed E-state index contributed by atoms with van der Waals surface area (Å²) in [6.45, 7) is 7.89. The van der Waals surface area contributed by atoms with E-state index < -0.39 is 0 Å². The number of ether oxygens (including phenoxy) is 1. The summed E-state index contributed by atoms with van der Waals surface area (Å²) in [7, 11) is 0. The van der Waals surface area contributed by atoms with Crippen LogP contribution in [0.3, 0.4) is 0 Å². The lowest BCUT2D eigenvalue weighted by Crippen LogP contribution is -2.37. The molecule has 2 aliphatic carbocycles. The monoisotopic (exact) mass is 320 g/mol. The summed E-state index contributed by atoms with van der Waals surface area (Å²) in [4.78, 5) is 11.5. The van der Waals surface area contributed by atoms with Gasteiger partial charge < -0.3 is 4.74 Å². The first-order valence-corrected chi connectivity index (χ1v) is 9.91. The highest BCUT2D eigenvalue weighted by atomic mass is 16.6. The number of carbonyl (C=O) groups excluding carboxylic acids is 1. The fourth-order valence-electron chi connectivity index (χ4n) is 4.74. The molecule has 132 valence electrons. The van der Waals surface area contributed by atoms with Crippen LogP contribution in [0.4, 0.5) is 0 Å². The summed E-state index contributed by atoms with van der Waals surface area (Å²) in [6.07, 6.45) is 17.2. The number of carbonyl (C=O) groups is 1. The summed E-state index contributed by atoms with van der Waals surface area (Å²) in [5.41, 5.74) is -0.251. The van der Waals surface area contributed by atoms with Crippen molar-refractivity contribution in [2.45, 2.75) is 96.5 Å². The van der Waals surface area contributed by atoms with Crippen molar-refractivity contribution >= 4 is 5.97 Å². The van der Waals surface area contributed by atoms with Crippen molar-refractivity contribution < 1.29 is 9.53 Å². The molecule has 0 aromatic heterocycles. The van der Waals surface area contributed by atoms with Gasteiger partial charge in [-0.05, 0) is 63.2 Å². The van der Waals surface area contributed by atoms with E-state index in [2.05, 4.69) is 20.4 Å². The van der Waals surface area contributed by atoms with Crippen molar-refractivity contribution in [3.63, 3.8) is 0 Å². The second kappa shape index (κ2) is 8.89. The smallest absolute Gasteiger partial charge is 0.330 e. The van der Waals surface area contributed by atoms with Gasteiger partial charge in [0.15, 0.2) is 0 Å². The third-order valence-corrected chi connectivity index (χ3v) is 6.38. The van der Waals surface area contributed by atoms with Gasteiger partial charge in [-0.2, -0.15) is 0 Å². The Labute approximate surface area is 143 Å². The Kier molecular flexibility index (Phi) is 7.17. The predicted molar refractivity (Wildman–Crippen MR) is 96.2 cm³/mol. The van der Waals surface area contributed by atoms with Gasteiger partial charge >= 0.3 is 5.97 Å². The zero-order valence-electron chi connectivity index (χ0n) is 15.3. The Hall–Kier alpha value is -0.790. The molecule has 2 fully saturated rings. The quantitative estimate of drug-likeness (QED) is 0.324. The van der Waals surface area contributed by atoms with Gasteiger partial charge in [-0.1, -0.05) is 52.0 Å². The highest BCUT2D eigenvalue weighted by Gasteiger charge is 2.37. The summed E-state index contributed by atoms with van der Waals surface area (Å²) in [5.74, 6) is 2.53. The second-order valence-corrected chi connectivity index (χ2v) is 8.19. The van der Waals surface area contributed by atoms with Crippen LogP contribution >= 0.6 is 0 Å². The van der Waals surface area contributed by atoms with Gasteiger partial charge in [-0.3, -0.25) is 0 Å². The molecule has 0 unspecified atom stereocenters. The van der Waals surface area contributed by atoms with Crippen LogP contribution in [0.15, 0.2) is 12.7 Å². The molecule has 2 rings (SSSR count). The predicted octanol–water partition coefficient (Wildman–Crippen LogP) is 6.05. The van der Waals surface area contributed by atoms with E-state index in [4.69, 9.17) is 4.74 Å². The molecular weight excluding hydrogens is 284 g/mol.